The first-order valence-corrected chi connectivity index (χ1v) is 8.47. The molecule has 6 nitrogen and oxygen atoms in total. The van der Waals surface area contributed by atoms with Gasteiger partial charge in [0.15, 0.2) is 0 Å². The highest BCUT2D eigenvalue weighted by molar-refractivity contribution is 6.39. The Bertz CT molecular complexity index is 819. The maximum atomic E-state index is 12.1. The number of nitrogens with one attached hydrogen (secondary N) is 2. The molecule has 26 heavy (non-hydrogen) atoms. The smallest absolute Gasteiger partial charge is 0.340 e. The average molecular weight is 395 g/mol. The number of hydrogen-bond donors (Lipinski definition) is 2. The number of amides is 2. The lowest BCUT2D eigenvalue weighted by molar-refractivity contribution is -0.123. The molecule has 2 amide bonds. The van der Waals surface area contributed by atoms with Gasteiger partial charge in [0.25, 0.3) is 0 Å². The van der Waals surface area contributed by atoms with Crippen LogP contribution in [0.4, 0.5) is 11.4 Å². The summed E-state index contributed by atoms with van der Waals surface area (Å²) in [5.41, 5.74) is 0.706. The molecule has 0 radical (unpaired) electrons. The minimum absolute atomic E-state index is 0.206. The molecule has 8 heteroatoms. The predicted molar refractivity (Wildman–Crippen MR) is 101 cm³/mol. The van der Waals surface area contributed by atoms with E-state index in [2.05, 4.69) is 10.6 Å². The highest BCUT2D eigenvalue weighted by Gasteiger charge is 2.17. The maximum absolute atomic E-state index is 12.1. The van der Waals surface area contributed by atoms with E-state index in [9.17, 15) is 14.4 Å². The molecule has 0 heterocycles. The van der Waals surface area contributed by atoms with Gasteiger partial charge in [0.2, 0.25) is 11.8 Å². The van der Waals surface area contributed by atoms with E-state index < -0.39 is 24.2 Å². The van der Waals surface area contributed by atoms with Gasteiger partial charge in [-0.05, 0) is 31.2 Å². The molecule has 0 saturated heterocycles. The molecule has 0 bridgehead atoms. The molecule has 2 rings (SSSR count). The summed E-state index contributed by atoms with van der Waals surface area (Å²) in [6.07, 6.45) is -0.474. The number of carbonyl (C=O) groups is 3. The third-order valence-electron chi connectivity index (χ3n) is 3.24. The summed E-state index contributed by atoms with van der Waals surface area (Å²) in [5.74, 6) is -1.75. The third-order valence-corrected chi connectivity index (χ3v) is 3.87. The van der Waals surface area contributed by atoms with E-state index in [1.807, 2.05) is 0 Å². The number of benzene rings is 2. The summed E-state index contributed by atoms with van der Waals surface area (Å²) >= 11 is 11.9. The lowest BCUT2D eigenvalue weighted by atomic mass is 10.1. The molecular formula is C18H16Cl2N2O4. The number of carbonyl (C=O) groups excluding carboxylic acids is 3. The van der Waals surface area contributed by atoms with Crippen LogP contribution >= 0.6 is 23.2 Å². The van der Waals surface area contributed by atoms with Crippen LogP contribution in [-0.2, 0) is 14.3 Å². The standard InChI is InChI=1S/C18H16Cl2N2O4/c1-2-26-18(25)11-6-3-4-9-14(11)21-15(23)10-16(24)22-17-12(19)7-5-8-13(17)20/h3-9H,2,10H2,1H3,(H,21,23)(H,22,24). The van der Waals surface area contributed by atoms with Crippen molar-refractivity contribution in [3.8, 4) is 0 Å². The van der Waals surface area contributed by atoms with Gasteiger partial charge in [-0.15, -0.1) is 0 Å². The lowest BCUT2D eigenvalue weighted by Gasteiger charge is -2.11. The van der Waals surface area contributed by atoms with Gasteiger partial charge in [0, 0.05) is 0 Å². The van der Waals surface area contributed by atoms with E-state index in [0.717, 1.165) is 0 Å². The molecule has 0 saturated carbocycles. The molecule has 0 aliphatic heterocycles. The topological polar surface area (TPSA) is 84.5 Å². The fourth-order valence-corrected chi connectivity index (χ4v) is 2.61. The average Bonchev–Trinajstić information content (AvgIpc) is 2.59. The Morgan fingerprint density at radius 2 is 1.54 bits per heavy atom. The molecule has 0 fully saturated rings. The first kappa shape index (κ1) is 19.8. The molecule has 2 aromatic rings. The third kappa shape index (κ3) is 5.21. The van der Waals surface area contributed by atoms with Gasteiger partial charge in [-0.3, -0.25) is 9.59 Å². The van der Waals surface area contributed by atoms with Crippen molar-refractivity contribution in [2.24, 2.45) is 0 Å². The van der Waals surface area contributed by atoms with Crippen LogP contribution in [0.2, 0.25) is 10.0 Å². The Kier molecular flexibility index (Phi) is 7.00. The van der Waals surface area contributed by atoms with Crippen LogP contribution in [0.5, 0.6) is 0 Å². The van der Waals surface area contributed by atoms with Crippen molar-refractivity contribution in [1.82, 2.24) is 0 Å². The Balaban J connectivity index is 2.03. The Morgan fingerprint density at radius 3 is 2.19 bits per heavy atom. The van der Waals surface area contributed by atoms with E-state index in [4.69, 9.17) is 27.9 Å². The number of hydrogen-bond acceptors (Lipinski definition) is 4. The van der Waals surface area contributed by atoms with Crippen LogP contribution in [0.25, 0.3) is 0 Å². The quantitative estimate of drug-likeness (QED) is 0.569. The first-order chi connectivity index (χ1) is 12.4. The van der Waals surface area contributed by atoms with Crippen molar-refractivity contribution in [1.29, 1.82) is 0 Å². The van der Waals surface area contributed by atoms with Gasteiger partial charge in [0.1, 0.15) is 6.42 Å². The van der Waals surface area contributed by atoms with Crippen molar-refractivity contribution in [2.45, 2.75) is 13.3 Å². The highest BCUT2D eigenvalue weighted by atomic mass is 35.5. The zero-order chi connectivity index (χ0) is 19.1. The normalized spacial score (nSPS) is 10.1. The fraction of sp³-hybridized carbons (Fsp3) is 0.167. The van der Waals surface area contributed by atoms with Crippen LogP contribution in [0.1, 0.15) is 23.7 Å². The van der Waals surface area contributed by atoms with Gasteiger partial charge in [-0.25, -0.2) is 4.79 Å². The summed E-state index contributed by atoms with van der Waals surface area (Å²) < 4.78 is 4.94. The van der Waals surface area contributed by atoms with Gasteiger partial charge in [-0.2, -0.15) is 0 Å². The second-order valence-electron chi connectivity index (χ2n) is 5.14. The lowest BCUT2D eigenvalue weighted by Crippen LogP contribution is -2.22. The molecule has 136 valence electrons. The van der Waals surface area contributed by atoms with Crippen LogP contribution in [0.3, 0.4) is 0 Å². The number of halogens is 2. The molecular weight excluding hydrogens is 379 g/mol. The molecule has 0 aromatic heterocycles. The molecule has 0 spiro atoms. The predicted octanol–water partition coefficient (Wildman–Crippen LogP) is 4.14. The molecule has 2 N–H and O–H groups in total. The minimum Gasteiger partial charge on any atom is -0.462 e. The van der Waals surface area contributed by atoms with Crippen molar-refractivity contribution < 1.29 is 19.1 Å². The summed E-state index contributed by atoms with van der Waals surface area (Å²) in [5, 5.41) is 5.55. The van der Waals surface area contributed by atoms with Crippen molar-refractivity contribution in [3.63, 3.8) is 0 Å². The van der Waals surface area contributed by atoms with Crippen LogP contribution < -0.4 is 10.6 Å². The number of para-hydroxylation sites is 2. The second-order valence-corrected chi connectivity index (χ2v) is 5.95. The number of esters is 1. The Hall–Kier alpha value is -2.57. The monoisotopic (exact) mass is 394 g/mol. The molecule has 0 aliphatic carbocycles. The highest BCUT2D eigenvalue weighted by Crippen LogP contribution is 2.29. The fourth-order valence-electron chi connectivity index (χ4n) is 2.12. The molecule has 0 aliphatic rings. The van der Waals surface area contributed by atoms with Crippen LogP contribution in [-0.4, -0.2) is 24.4 Å². The number of ether oxygens (including phenoxy) is 1. The molecule has 0 unspecified atom stereocenters. The Labute approximate surface area is 160 Å². The van der Waals surface area contributed by atoms with E-state index in [1.54, 1.807) is 43.3 Å². The minimum atomic E-state index is -0.595. The largest absolute Gasteiger partial charge is 0.462 e. The van der Waals surface area contributed by atoms with E-state index in [1.165, 1.54) is 6.07 Å². The summed E-state index contributed by atoms with van der Waals surface area (Å²) in [7, 11) is 0. The zero-order valence-electron chi connectivity index (χ0n) is 13.8. The SMILES string of the molecule is CCOC(=O)c1ccccc1NC(=O)CC(=O)Nc1c(Cl)cccc1Cl. The van der Waals surface area contributed by atoms with Crippen molar-refractivity contribution >= 4 is 52.4 Å². The van der Waals surface area contributed by atoms with Crippen molar-refractivity contribution in [2.75, 3.05) is 17.2 Å². The van der Waals surface area contributed by atoms with E-state index in [-0.39, 0.29) is 33.6 Å². The second kappa shape index (κ2) is 9.22. The number of rotatable bonds is 6. The van der Waals surface area contributed by atoms with Gasteiger partial charge < -0.3 is 15.4 Å². The Morgan fingerprint density at radius 1 is 0.923 bits per heavy atom. The first-order valence-electron chi connectivity index (χ1n) is 7.72. The molecule has 0 atom stereocenters. The summed E-state index contributed by atoms with van der Waals surface area (Å²) in [6.45, 7) is 1.89. The van der Waals surface area contributed by atoms with Gasteiger partial charge in [-0.1, -0.05) is 41.4 Å². The van der Waals surface area contributed by atoms with Crippen LogP contribution in [0, 0.1) is 0 Å². The maximum Gasteiger partial charge on any atom is 0.340 e. The molecule has 2 aromatic carbocycles. The van der Waals surface area contributed by atoms with Crippen molar-refractivity contribution in [3.05, 3.63) is 58.1 Å². The number of anilines is 2. The van der Waals surface area contributed by atoms with Gasteiger partial charge in [0.05, 0.1) is 33.6 Å². The van der Waals surface area contributed by atoms with E-state index >= 15 is 0 Å². The van der Waals surface area contributed by atoms with Gasteiger partial charge >= 0.3 is 5.97 Å². The van der Waals surface area contributed by atoms with Crippen LogP contribution in [0.15, 0.2) is 42.5 Å². The summed E-state index contributed by atoms with van der Waals surface area (Å²) in [6, 6.07) is 11.1. The van der Waals surface area contributed by atoms with E-state index in [0.29, 0.717) is 0 Å². The zero-order valence-corrected chi connectivity index (χ0v) is 15.4. The summed E-state index contributed by atoms with van der Waals surface area (Å²) in [4.78, 5) is 36.1.